The van der Waals surface area contributed by atoms with Gasteiger partial charge in [0.15, 0.2) is 11.6 Å². The minimum absolute atomic E-state index is 0.195. The Morgan fingerprint density at radius 3 is 2.75 bits per heavy atom. The number of hydrazine groups is 1. The van der Waals surface area contributed by atoms with Crippen LogP contribution in [0.1, 0.15) is 0 Å². The molecule has 0 aliphatic rings. The Morgan fingerprint density at radius 2 is 2.25 bits per heavy atom. The maximum atomic E-state index is 12.9. The summed E-state index contributed by atoms with van der Waals surface area (Å²) in [6, 6.07) is 0. The highest BCUT2D eigenvalue weighted by molar-refractivity contribution is 5.41. The van der Waals surface area contributed by atoms with Crippen molar-refractivity contribution in [1.82, 2.24) is 9.97 Å². The van der Waals surface area contributed by atoms with Crippen molar-refractivity contribution in [3.8, 4) is 0 Å². The van der Waals surface area contributed by atoms with E-state index in [0.717, 1.165) is 6.20 Å². The third kappa shape index (κ3) is 1.59. The number of rotatable bonds is 2. The van der Waals surface area contributed by atoms with E-state index in [2.05, 4.69) is 15.4 Å². The molecule has 0 bridgehead atoms. The van der Waals surface area contributed by atoms with Crippen molar-refractivity contribution in [3.05, 3.63) is 12.0 Å². The number of nitrogens with one attached hydrogen (secondary N) is 1. The first-order valence-electron chi connectivity index (χ1n) is 3.31. The molecular weight excluding hydrogens is 161 g/mol. The van der Waals surface area contributed by atoms with Crippen LogP contribution in [0.4, 0.5) is 16.2 Å². The second-order valence-electron chi connectivity index (χ2n) is 2.40. The van der Waals surface area contributed by atoms with Gasteiger partial charge in [0.25, 0.3) is 0 Å². The number of halogens is 1. The summed E-state index contributed by atoms with van der Waals surface area (Å²) in [5, 5.41) is 0. The zero-order valence-electron chi connectivity index (χ0n) is 6.87. The van der Waals surface area contributed by atoms with E-state index in [1.165, 1.54) is 4.90 Å². The van der Waals surface area contributed by atoms with Crippen LogP contribution >= 0.6 is 0 Å². The maximum absolute atomic E-state index is 12.9. The third-order valence-electron chi connectivity index (χ3n) is 1.28. The first-order valence-corrected chi connectivity index (χ1v) is 3.31. The van der Waals surface area contributed by atoms with Crippen molar-refractivity contribution < 1.29 is 4.39 Å². The molecule has 0 radical (unpaired) electrons. The Balaban J connectivity index is 3.08. The molecule has 1 aromatic heterocycles. The highest BCUT2D eigenvalue weighted by atomic mass is 19.1. The molecule has 0 aliphatic carbocycles. The summed E-state index contributed by atoms with van der Waals surface area (Å²) in [6.45, 7) is 0. The van der Waals surface area contributed by atoms with Gasteiger partial charge in [-0.2, -0.15) is 4.98 Å². The average molecular weight is 171 g/mol. The lowest BCUT2D eigenvalue weighted by Gasteiger charge is -2.11. The molecule has 1 aromatic rings. The Labute approximate surface area is 69.4 Å². The highest BCUT2D eigenvalue weighted by Gasteiger charge is 2.07. The Hall–Kier alpha value is -1.43. The second kappa shape index (κ2) is 3.31. The van der Waals surface area contributed by atoms with E-state index < -0.39 is 5.82 Å². The van der Waals surface area contributed by atoms with Crippen LogP contribution in [0.5, 0.6) is 0 Å². The molecule has 0 spiro atoms. The van der Waals surface area contributed by atoms with Gasteiger partial charge in [0.2, 0.25) is 5.95 Å². The van der Waals surface area contributed by atoms with Crippen molar-refractivity contribution in [2.45, 2.75) is 0 Å². The van der Waals surface area contributed by atoms with Crippen LogP contribution < -0.4 is 16.2 Å². The van der Waals surface area contributed by atoms with Crippen molar-refractivity contribution >= 4 is 11.8 Å². The number of hydrogen-bond donors (Lipinski definition) is 2. The molecule has 0 saturated heterocycles. The zero-order chi connectivity index (χ0) is 9.14. The van der Waals surface area contributed by atoms with Crippen LogP contribution in [0.2, 0.25) is 0 Å². The van der Waals surface area contributed by atoms with Crippen molar-refractivity contribution in [2.75, 3.05) is 24.4 Å². The minimum atomic E-state index is -0.473. The summed E-state index contributed by atoms with van der Waals surface area (Å²) in [6.07, 6.45) is 1.07. The fourth-order valence-electron chi connectivity index (χ4n) is 0.741. The molecule has 0 amide bonds. The SMILES string of the molecule is CN(C)c1nc(NN)ncc1F. The standard InChI is InChI=1S/C6H10FN5/c1-12(2)5-4(7)3-9-6(10-5)11-8/h3H,8H2,1-2H3,(H,9,10,11). The summed E-state index contributed by atoms with van der Waals surface area (Å²) in [4.78, 5) is 8.92. The summed E-state index contributed by atoms with van der Waals surface area (Å²) in [5.41, 5.74) is 2.23. The van der Waals surface area contributed by atoms with Gasteiger partial charge in [-0.3, -0.25) is 5.43 Å². The Morgan fingerprint density at radius 1 is 1.58 bits per heavy atom. The predicted molar refractivity (Wildman–Crippen MR) is 44.1 cm³/mol. The van der Waals surface area contributed by atoms with Crippen LogP contribution in [-0.2, 0) is 0 Å². The molecule has 0 unspecified atom stereocenters. The van der Waals surface area contributed by atoms with E-state index in [1.807, 2.05) is 0 Å². The number of hydrogen-bond acceptors (Lipinski definition) is 5. The number of anilines is 2. The van der Waals surface area contributed by atoms with Gasteiger partial charge in [0.1, 0.15) is 0 Å². The normalized spacial score (nSPS) is 9.67. The summed E-state index contributed by atoms with van der Waals surface area (Å²) in [5.74, 6) is 4.98. The van der Waals surface area contributed by atoms with Crippen molar-refractivity contribution in [1.29, 1.82) is 0 Å². The van der Waals surface area contributed by atoms with Gasteiger partial charge in [0, 0.05) is 14.1 Å². The first kappa shape index (κ1) is 8.66. The lowest BCUT2D eigenvalue weighted by atomic mass is 10.5. The van der Waals surface area contributed by atoms with Crippen LogP contribution in [0.15, 0.2) is 6.20 Å². The molecular formula is C6H10FN5. The smallest absolute Gasteiger partial charge is 0.239 e. The molecule has 0 fully saturated rings. The highest BCUT2D eigenvalue weighted by Crippen LogP contribution is 2.13. The molecule has 0 aliphatic heterocycles. The van der Waals surface area contributed by atoms with Crippen LogP contribution in [0.3, 0.4) is 0 Å². The van der Waals surface area contributed by atoms with Crippen molar-refractivity contribution in [3.63, 3.8) is 0 Å². The summed E-state index contributed by atoms with van der Waals surface area (Å²) >= 11 is 0. The molecule has 0 aromatic carbocycles. The minimum Gasteiger partial charge on any atom is -0.360 e. The maximum Gasteiger partial charge on any atom is 0.239 e. The third-order valence-corrected chi connectivity index (χ3v) is 1.28. The molecule has 3 N–H and O–H groups in total. The van der Waals surface area contributed by atoms with Gasteiger partial charge < -0.3 is 4.90 Å². The van der Waals surface area contributed by atoms with Crippen LogP contribution in [0, 0.1) is 5.82 Å². The molecule has 1 heterocycles. The molecule has 0 atom stereocenters. The lowest BCUT2D eigenvalue weighted by molar-refractivity contribution is 0.612. The molecule has 5 nitrogen and oxygen atoms in total. The summed E-state index contributed by atoms with van der Waals surface area (Å²) in [7, 11) is 3.37. The zero-order valence-corrected chi connectivity index (χ0v) is 6.87. The van der Waals surface area contributed by atoms with E-state index in [9.17, 15) is 4.39 Å². The van der Waals surface area contributed by atoms with Crippen LogP contribution in [0.25, 0.3) is 0 Å². The van der Waals surface area contributed by atoms with Crippen LogP contribution in [-0.4, -0.2) is 24.1 Å². The first-order chi connectivity index (χ1) is 5.65. The Bertz CT molecular complexity index is 275. The van der Waals surface area contributed by atoms with Crippen molar-refractivity contribution in [2.24, 2.45) is 5.84 Å². The molecule has 12 heavy (non-hydrogen) atoms. The molecule has 66 valence electrons. The average Bonchev–Trinajstić information content (AvgIpc) is 2.05. The topological polar surface area (TPSA) is 67.1 Å². The second-order valence-corrected chi connectivity index (χ2v) is 2.40. The number of aromatic nitrogens is 2. The van der Waals surface area contributed by atoms with E-state index >= 15 is 0 Å². The van der Waals surface area contributed by atoms with Gasteiger partial charge in [-0.15, -0.1) is 0 Å². The summed E-state index contributed by atoms with van der Waals surface area (Å²) < 4.78 is 12.9. The van der Waals surface area contributed by atoms with Gasteiger partial charge >= 0.3 is 0 Å². The van der Waals surface area contributed by atoms with E-state index in [4.69, 9.17) is 5.84 Å². The predicted octanol–water partition coefficient (Wildman–Crippen LogP) is -0.0327. The van der Waals surface area contributed by atoms with E-state index in [0.29, 0.717) is 0 Å². The van der Waals surface area contributed by atoms with Gasteiger partial charge in [-0.05, 0) is 0 Å². The number of nitrogens with zero attached hydrogens (tertiary/aromatic N) is 3. The fourth-order valence-corrected chi connectivity index (χ4v) is 0.741. The fraction of sp³-hybridized carbons (Fsp3) is 0.333. The van der Waals surface area contributed by atoms with Gasteiger partial charge in [-0.25, -0.2) is 15.2 Å². The number of nitrogens with two attached hydrogens (primary N) is 1. The number of nitrogen functional groups attached to an aromatic ring is 1. The van der Waals surface area contributed by atoms with Gasteiger partial charge in [0.05, 0.1) is 6.20 Å². The Kier molecular flexibility index (Phi) is 2.39. The quantitative estimate of drug-likeness (QED) is 0.483. The monoisotopic (exact) mass is 171 g/mol. The largest absolute Gasteiger partial charge is 0.360 e. The van der Waals surface area contributed by atoms with Gasteiger partial charge in [-0.1, -0.05) is 0 Å². The van der Waals surface area contributed by atoms with E-state index in [-0.39, 0.29) is 11.8 Å². The lowest BCUT2D eigenvalue weighted by Crippen LogP contribution is -2.16. The molecule has 1 rings (SSSR count). The van der Waals surface area contributed by atoms with E-state index in [1.54, 1.807) is 14.1 Å². The molecule has 6 heteroatoms. The molecule has 0 saturated carbocycles.